The minimum atomic E-state index is -0.240. The van der Waals surface area contributed by atoms with Crippen molar-refractivity contribution in [2.75, 3.05) is 5.32 Å². The van der Waals surface area contributed by atoms with Crippen LogP contribution in [-0.4, -0.2) is 29.5 Å². The van der Waals surface area contributed by atoms with Gasteiger partial charge in [-0.1, -0.05) is 11.6 Å². The van der Waals surface area contributed by atoms with Gasteiger partial charge in [-0.15, -0.1) is 0 Å². The summed E-state index contributed by atoms with van der Waals surface area (Å²) in [6.45, 7) is 2.41. The molecule has 0 atom stereocenters. The van der Waals surface area contributed by atoms with E-state index in [0.717, 1.165) is 28.0 Å². The highest BCUT2D eigenvalue weighted by molar-refractivity contribution is 6.30. The zero-order valence-corrected chi connectivity index (χ0v) is 17.3. The molecule has 0 saturated carbocycles. The minimum absolute atomic E-state index is 0.240. The molecule has 5 aromatic rings. The van der Waals surface area contributed by atoms with Crippen LogP contribution in [0, 0.1) is 6.92 Å². The lowest BCUT2D eigenvalue weighted by atomic mass is 10.2. The molecular formula is C22H18ClN7O. The summed E-state index contributed by atoms with van der Waals surface area (Å²) in [5, 5.41) is 3.89. The molecule has 1 aromatic carbocycles. The Morgan fingerprint density at radius 3 is 2.90 bits per heavy atom. The molecule has 4 heterocycles. The predicted octanol–water partition coefficient (Wildman–Crippen LogP) is 4.07. The first-order valence-electron chi connectivity index (χ1n) is 9.63. The SMILES string of the molecule is Cc1cc(-n2ccnc2)cc2[nH]c(-c3c(NCc4cc(Cl)ccn4)cc[nH]c3=O)nc12. The van der Waals surface area contributed by atoms with Crippen LogP contribution in [0.2, 0.25) is 5.02 Å². The molecule has 5 rings (SSSR count). The number of nitrogens with one attached hydrogen (secondary N) is 3. The summed E-state index contributed by atoms with van der Waals surface area (Å²) in [6, 6.07) is 9.33. The summed E-state index contributed by atoms with van der Waals surface area (Å²) in [4.78, 5) is 31.9. The molecule has 0 aliphatic rings. The molecule has 9 heteroatoms. The van der Waals surface area contributed by atoms with Crippen LogP contribution < -0.4 is 10.9 Å². The molecule has 3 N–H and O–H groups in total. The highest BCUT2D eigenvalue weighted by Gasteiger charge is 2.16. The van der Waals surface area contributed by atoms with Crippen LogP contribution in [0.3, 0.4) is 0 Å². The van der Waals surface area contributed by atoms with Crippen LogP contribution in [0.4, 0.5) is 5.69 Å². The fourth-order valence-electron chi connectivity index (χ4n) is 3.54. The van der Waals surface area contributed by atoms with Crippen LogP contribution in [-0.2, 0) is 6.54 Å². The quantitative estimate of drug-likeness (QED) is 0.389. The number of H-pyrrole nitrogens is 2. The maximum Gasteiger partial charge on any atom is 0.261 e. The lowest BCUT2D eigenvalue weighted by Crippen LogP contribution is -2.13. The van der Waals surface area contributed by atoms with Crippen LogP contribution >= 0.6 is 11.6 Å². The second kappa shape index (κ2) is 7.73. The van der Waals surface area contributed by atoms with E-state index in [9.17, 15) is 4.79 Å². The first-order valence-corrected chi connectivity index (χ1v) is 10.0. The Kier molecular flexibility index (Phi) is 4.76. The van der Waals surface area contributed by atoms with Gasteiger partial charge in [0.05, 0.1) is 35.3 Å². The van der Waals surface area contributed by atoms with Crippen molar-refractivity contribution in [3.8, 4) is 17.1 Å². The molecule has 4 aromatic heterocycles. The molecule has 8 nitrogen and oxygen atoms in total. The van der Waals surface area contributed by atoms with Crippen LogP contribution in [0.25, 0.3) is 28.1 Å². The molecule has 0 aliphatic heterocycles. The lowest BCUT2D eigenvalue weighted by molar-refractivity contribution is 1.04. The van der Waals surface area contributed by atoms with Gasteiger partial charge in [0.2, 0.25) is 0 Å². The van der Waals surface area contributed by atoms with E-state index in [0.29, 0.717) is 28.6 Å². The summed E-state index contributed by atoms with van der Waals surface area (Å²) in [6.07, 6.45) is 8.61. The number of imidazole rings is 2. The minimum Gasteiger partial charge on any atom is -0.379 e. The van der Waals surface area contributed by atoms with Crippen molar-refractivity contribution in [1.29, 1.82) is 0 Å². The summed E-state index contributed by atoms with van der Waals surface area (Å²) in [5.41, 5.74) is 5.22. The fraction of sp³-hybridized carbons (Fsp3) is 0.0909. The van der Waals surface area contributed by atoms with Gasteiger partial charge in [-0.05, 0) is 42.8 Å². The number of fused-ring (bicyclic) bond motifs is 1. The fourth-order valence-corrected chi connectivity index (χ4v) is 3.73. The second-order valence-electron chi connectivity index (χ2n) is 7.13. The van der Waals surface area contributed by atoms with Gasteiger partial charge >= 0.3 is 0 Å². The van der Waals surface area contributed by atoms with Crippen LogP contribution in [0.15, 0.2) is 66.2 Å². The number of benzene rings is 1. The number of hydrogen-bond acceptors (Lipinski definition) is 5. The van der Waals surface area contributed by atoms with Gasteiger partial charge in [0.1, 0.15) is 11.4 Å². The summed E-state index contributed by atoms with van der Waals surface area (Å²) in [5.74, 6) is 0.490. The highest BCUT2D eigenvalue weighted by atomic mass is 35.5. The zero-order chi connectivity index (χ0) is 21.4. The Labute approximate surface area is 182 Å². The van der Waals surface area contributed by atoms with E-state index in [1.165, 1.54) is 0 Å². The number of aromatic nitrogens is 6. The van der Waals surface area contributed by atoms with E-state index < -0.39 is 0 Å². The van der Waals surface area contributed by atoms with Crippen LogP contribution in [0.1, 0.15) is 11.3 Å². The maximum atomic E-state index is 12.7. The predicted molar refractivity (Wildman–Crippen MR) is 121 cm³/mol. The Hall–Kier alpha value is -3.91. The number of pyridine rings is 2. The van der Waals surface area contributed by atoms with Crippen molar-refractivity contribution < 1.29 is 0 Å². The third kappa shape index (κ3) is 3.69. The maximum absolute atomic E-state index is 12.7. The van der Waals surface area contributed by atoms with Gasteiger partial charge in [0.15, 0.2) is 0 Å². The van der Waals surface area contributed by atoms with E-state index in [1.807, 2.05) is 29.8 Å². The average molecular weight is 432 g/mol. The molecule has 0 radical (unpaired) electrons. The van der Waals surface area contributed by atoms with Crippen molar-refractivity contribution in [1.82, 2.24) is 29.5 Å². The molecule has 0 bridgehead atoms. The number of nitrogens with zero attached hydrogens (tertiary/aromatic N) is 4. The van der Waals surface area contributed by atoms with E-state index >= 15 is 0 Å². The normalized spacial score (nSPS) is 11.2. The standard InChI is InChI=1S/C22H18ClN7O/c1-13-8-16(30-7-6-24-12-30)10-18-20(13)29-21(28-18)19-17(3-5-26-22(19)31)27-11-15-9-14(23)2-4-25-15/h2-10,12H,11H2,1H3,(H,28,29)(H2,26,27,31). The van der Waals surface area contributed by atoms with E-state index in [4.69, 9.17) is 16.6 Å². The molecular weight excluding hydrogens is 414 g/mol. The van der Waals surface area contributed by atoms with Crippen molar-refractivity contribution in [2.45, 2.75) is 13.5 Å². The second-order valence-corrected chi connectivity index (χ2v) is 7.57. The smallest absolute Gasteiger partial charge is 0.261 e. The Morgan fingerprint density at radius 2 is 2.10 bits per heavy atom. The molecule has 0 unspecified atom stereocenters. The number of aromatic amines is 2. The summed E-state index contributed by atoms with van der Waals surface area (Å²) >= 11 is 6.05. The third-order valence-corrected chi connectivity index (χ3v) is 5.24. The Morgan fingerprint density at radius 1 is 1.19 bits per heavy atom. The Balaban J connectivity index is 1.55. The van der Waals surface area contributed by atoms with Gasteiger partial charge in [-0.3, -0.25) is 9.78 Å². The van der Waals surface area contributed by atoms with Gasteiger partial charge in [0.25, 0.3) is 5.56 Å². The summed E-state index contributed by atoms with van der Waals surface area (Å²) in [7, 11) is 0. The van der Waals surface area contributed by atoms with Gasteiger partial charge in [0, 0.05) is 35.5 Å². The van der Waals surface area contributed by atoms with E-state index in [2.05, 4.69) is 25.3 Å². The zero-order valence-electron chi connectivity index (χ0n) is 16.6. The van der Waals surface area contributed by atoms with Gasteiger partial charge < -0.3 is 19.9 Å². The van der Waals surface area contributed by atoms with Crippen molar-refractivity contribution in [3.05, 3.63) is 88.1 Å². The first kappa shape index (κ1) is 19.1. The van der Waals surface area contributed by atoms with Crippen LogP contribution in [0.5, 0.6) is 0 Å². The third-order valence-electron chi connectivity index (χ3n) is 5.00. The number of rotatable bonds is 5. The monoisotopic (exact) mass is 431 g/mol. The molecule has 0 spiro atoms. The molecule has 0 fully saturated rings. The van der Waals surface area contributed by atoms with Gasteiger partial charge in [-0.25, -0.2) is 9.97 Å². The van der Waals surface area contributed by atoms with E-state index in [1.54, 1.807) is 43.1 Å². The topological polar surface area (TPSA) is 104 Å². The highest BCUT2D eigenvalue weighted by Crippen LogP contribution is 2.27. The number of aryl methyl sites for hydroxylation is 1. The molecule has 0 saturated heterocycles. The number of hydrogen-bond donors (Lipinski definition) is 3. The first-order chi connectivity index (χ1) is 15.1. The number of halogens is 1. The number of anilines is 1. The Bertz CT molecular complexity index is 1440. The molecule has 0 aliphatic carbocycles. The molecule has 0 amide bonds. The summed E-state index contributed by atoms with van der Waals surface area (Å²) < 4.78 is 1.92. The van der Waals surface area contributed by atoms with Gasteiger partial charge in [-0.2, -0.15) is 0 Å². The van der Waals surface area contributed by atoms with Crippen molar-refractivity contribution in [2.24, 2.45) is 0 Å². The van der Waals surface area contributed by atoms with E-state index in [-0.39, 0.29) is 5.56 Å². The molecule has 31 heavy (non-hydrogen) atoms. The largest absolute Gasteiger partial charge is 0.379 e. The molecule has 154 valence electrons. The average Bonchev–Trinajstić information content (AvgIpc) is 3.42. The van der Waals surface area contributed by atoms with Crippen molar-refractivity contribution in [3.63, 3.8) is 0 Å². The lowest BCUT2D eigenvalue weighted by Gasteiger charge is -2.09. The van der Waals surface area contributed by atoms with Crippen molar-refractivity contribution >= 4 is 28.3 Å².